The van der Waals surface area contributed by atoms with E-state index in [1.54, 1.807) is 0 Å². The summed E-state index contributed by atoms with van der Waals surface area (Å²) in [5.41, 5.74) is 0. The molecule has 0 atom stereocenters. The van der Waals surface area contributed by atoms with Gasteiger partial charge in [0.2, 0.25) is 0 Å². The van der Waals surface area contributed by atoms with Crippen LogP contribution in [0.25, 0.3) is 0 Å². The standard InChI is InChI=1S/2C18H30.C17H26O.C17H28.C16H26.10H2/c1-3-15-5-9-17(10-6-15)13-14-18-11-7-16(4-2)8-12-18;1-3-5-15-7-11-17(12-8-15)18-13-9-16(6-4-2)10-14-18;1-3-13-5-9-15(10-6-13)17(18)16-11-7-14(4-2)8-12-16;1-3-5-15-8-12-17(13-9-15)16-10-6-14(4-2)7-11-16;1-3-13-5-9-15(10-6-13)16-11-7-14(4-2)8-12-16;;;;;;;;;;/h3-4,15-18H,1-2,5-14H2;3-6,15-18H,7-14H2,1-2H3;3-4,13-16H,1-2,5-12H2;3-5,14-17H,2,6-13H2,1H3;3-4,13-16H,1-2,5-12H2;10*1H/b;5-3+,6-4+;;5-3+;;;;;;;;;;;. The van der Waals surface area contributed by atoms with E-state index in [4.69, 9.17) is 0 Å². The second-order valence-corrected chi connectivity index (χ2v) is 31.0. The van der Waals surface area contributed by atoms with Crippen LogP contribution < -0.4 is 0 Å². The van der Waals surface area contributed by atoms with Crippen LogP contribution in [0.2, 0.25) is 0 Å². The number of hydrogen-bond acceptors (Lipinski definition) is 1. The molecular weight excluding hydrogens is 1050 g/mol. The molecule has 0 bridgehead atoms. The monoisotopic (exact) mass is 1210 g/mol. The quantitative estimate of drug-likeness (QED) is 0.125. The third-order valence-electron chi connectivity index (χ3n) is 25.7. The predicted molar refractivity (Wildman–Crippen MR) is 406 cm³/mol. The van der Waals surface area contributed by atoms with Gasteiger partial charge in [0.1, 0.15) is 5.78 Å². The maximum absolute atomic E-state index is 12.5. The summed E-state index contributed by atoms with van der Waals surface area (Å²) in [6.45, 7) is 33.9. The highest BCUT2D eigenvalue weighted by Crippen LogP contribution is 2.46. The van der Waals surface area contributed by atoms with E-state index in [0.717, 1.165) is 120 Å². The molecule has 10 aliphatic carbocycles. The van der Waals surface area contributed by atoms with Crippen LogP contribution in [0.15, 0.2) is 125 Å². The summed E-state index contributed by atoms with van der Waals surface area (Å²) < 4.78 is 0. The van der Waals surface area contributed by atoms with E-state index in [0.29, 0.717) is 29.5 Å². The number of rotatable bonds is 18. The Balaban J connectivity index is -0.000000355. The second-order valence-electron chi connectivity index (χ2n) is 31.0. The fourth-order valence-electron chi connectivity index (χ4n) is 19.3. The van der Waals surface area contributed by atoms with Crippen LogP contribution in [0, 0.1) is 118 Å². The maximum atomic E-state index is 12.5. The van der Waals surface area contributed by atoms with Gasteiger partial charge in [-0.1, -0.05) is 91.8 Å². The van der Waals surface area contributed by atoms with E-state index in [1.165, 1.54) is 244 Å². The Morgan fingerprint density at radius 2 is 0.414 bits per heavy atom. The summed E-state index contributed by atoms with van der Waals surface area (Å²) >= 11 is 0. The summed E-state index contributed by atoms with van der Waals surface area (Å²) in [5, 5.41) is 0. The number of carbonyl (C=O) groups is 1. The smallest absolute Gasteiger partial charge is 0.139 e. The molecule has 10 aliphatic rings. The highest BCUT2D eigenvalue weighted by molar-refractivity contribution is 5.83. The summed E-state index contributed by atoms with van der Waals surface area (Å²) in [7, 11) is 0. The first-order valence-electron chi connectivity index (χ1n) is 38.4. The van der Waals surface area contributed by atoms with E-state index >= 15 is 0 Å². The minimum Gasteiger partial charge on any atom is -0.299 e. The minimum absolute atomic E-state index is 0. The van der Waals surface area contributed by atoms with Gasteiger partial charge in [0.15, 0.2) is 0 Å². The van der Waals surface area contributed by atoms with Gasteiger partial charge in [-0.05, 0) is 384 Å². The summed E-state index contributed by atoms with van der Waals surface area (Å²) in [4.78, 5) is 12.5. The van der Waals surface area contributed by atoms with Gasteiger partial charge in [-0.3, -0.25) is 4.79 Å². The number of allylic oxidation sites excluding steroid dienone is 13. The van der Waals surface area contributed by atoms with Crippen LogP contribution in [-0.4, -0.2) is 5.78 Å². The first kappa shape index (κ1) is 73.1. The first-order chi connectivity index (χ1) is 42.5. The summed E-state index contributed by atoms with van der Waals surface area (Å²) in [6.07, 6.45) is 87.3. The van der Waals surface area contributed by atoms with Gasteiger partial charge in [-0.25, -0.2) is 0 Å². The van der Waals surface area contributed by atoms with Crippen molar-refractivity contribution in [2.24, 2.45) is 118 Å². The Labute approximate surface area is 556 Å². The second kappa shape index (κ2) is 42.3. The molecule has 0 aromatic carbocycles. The highest BCUT2D eigenvalue weighted by atomic mass is 16.1. The number of ketones is 1. The average molecular weight is 1210 g/mol. The van der Waals surface area contributed by atoms with Crippen molar-refractivity contribution in [2.75, 3.05) is 0 Å². The number of Topliss-reactive ketones (excluding diaryl/α,β-unsaturated/α-hetero) is 1. The van der Waals surface area contributed by atoms with Gasteiger partial charge in [0, 0.05) is 26.1 Å². The Bertz CT molecular complexity index is 1900. The van der Waals surface area contributed by atoms with E-state index < -0.39 is 0 Å². The number of carbonyl (C=O) groups excluding carboxylic acids is 1. The van der Waals surface area contributed by atoms with Crippen molar-refractivity contribution < 1.29 is 19.1 Å². The lowest BCUT2D eigenvalue weighted by Gasteiger charge is -2.36. The zero-order valence-corrected chi connectivity index (χ0v) is 57.6. The van der Waals surface area contributed by atoms with E-state index in [-0.39, 0.29) is 14.3 Å². The molecule has 1 heteroatoms. The Hall–Kier alpha value is -2.93. The van der Waals surface area contributed by atoms with Crippen molar-refractivity contribution in [3.8, 4) is 0 Å². The van der Waals surface area contributed by atoms with Crippen molar-refractivity contribution in [3.63, 3.8) is 0 Å². The summed E-state index contributed by atoms with van der Waals surface area (Å²) in [5.74, 6) is 17.7. The first-order valence-corrected chi connectivity index (χ1v) is 38.4. The molecule has 1 nitrogen and oxygen atoms in total. The van der Waals surface area contributed by atoms with Gasteiger partial charge < -0.3 is 0 Å². The molecule has 0 aromatic rings. The Morgan fingerprint density at radius 3 is 0.586 bits per heavy atom. The predicted octanol–water partition coefficient (Wildman–Crippen LogP) is 28.8. The van der Waals surface area contributed by atoms with Gasteiger partial charge in [0.25, 0.3) is 0 Å². The maximum Gasteiger partial charge on any atom is 0.139 e. The Morgan fingerprint density at radius 1 is 0.253 bits per heavy atom. The lowest BCUT2D eigenvalue weighted by Crippen LogP contribution is -2.29. The molecule has 0 N–H and O–H groups in total. The van der Waals surface area contributed by atoms with Crippen LogP contribution in [0.4, 0.5) is 0 Å². The van der Waals surface area contributed by atoms with Crippen LogP contribution in [-0.2, 0) is 4.79 Å². The average Bonchev–Trinajstić information content (AvgIpc) is 0.938. The topological polar surface area (TPSA) is 17.1 Å². The van der Waals surface area contributed by atoms with E-state index in [1.807, 2.05) is 0 Å². The molecule has 10 fully saturated rings. The third-order valence-corrected chi connectivity index (χ3v) is 25.7. The molecule has 10 saturated carbocycles. The van der Waals surface area contributed by atoms with Crippen LogP contribution in [0.3, 0.4) is 0 Å². The molecular formula is C86H160O. The van der Waals surface area contributed by atoms with Gasteiger partial charge in [-0.15, -0.1) is 46.1 Å². The minimum atomic E-state index is 0. The van der Waals surface area contributed by atoms with Crippen molar-refractivity contribution in [1.82, 2.24) is 0 Å². The van der Waals surface area contributed by atoms with E-state index in [9.17, 15) is 4.79 Å². The molecule has 0 unspecified atom stereocenters. The molecule has 87 heavy (non-hydrogen) atoms. The van der Waals surface area contributed by atoms with Crippen molar-refractivity contribution in [2.45, 2.75) is 290 Å². The third kappa shape index (κ3) is 25.9. The molecule has 510 valence electrons. The zero-order valence-electron chi connectivity index (χ0n) is 57.6. The largest absolute Gasteiger partial charge is 0.299 e. The number of hydrogen-bond donors (Lipinski definition) is 0. The zero-order chi connectivity index (χ0) is 62.0. The molecule has 0 heterocycles. The lowest BCUT2D eigenvalue weighted by atomic mass is 9.69. The highest BCUT2D eigenvalue weighted by Gasteiger charge is 2.35. The normalized spacial score (nSPS) is 38.4. The Kier molecular flexibility index (Phi) is 35.5. The van der Waals surface area contributed by atoms with Crippen molar-refractivity contribution >= 4 is 5.78 Å². The molecule has 0 radical (unpaired) electrons. The van der Waals surface area contributed by atoms with Gasteiger partial charge in [-0.2, -0.15) is 0 Å². The van der Waals surface area contributed by atoms with Gasteiger partial charge in [0.05, 0.1) is 0 Å². The van der Waals surface area contributed by atoms with Crippen molar-refractivity contribution in [3.05, 3.63) is 125 Å². The van der Waals surface area contributed by atoms with E-state index in [2.05, 4.69) is 146 Å². The molecule has 10 rings (SSSR count). The fraction of sp³-hybridized carbons (Fsp3) is 0.756. The van der Waals surface area contributed by atoms with Crippen LogP contribution >= 0.6 is 0 Å². The van der Waals surface area contributed by atoms with Crippen LogP contribution in [0.1, 0.15) is 305 Å². The molecule has 0 saturated heterocycles. The van der Waals surface area contributed by atoms with Gasteiger partial charge >= 0.3 is 0 Å². The SMILES string of the molecule is C/C=C/C1CCC(C2CCC(/C=C/C)CC2)CC1.C=CC1CCC(C(=O)C2CCC(C=C)CC2)CC1.C=CC1CCC(C2CCC(/C=C/C)CC2)CC1.C=CC1CCC(C2CCC(C=C)CC2)CC1.C=CC1CCC(CCC2CCC(C=C)CC2)CC1.[HH].[HH].[HH].[HH].[HH].[HH].[HH].[HH].[HH].[HH]. The molecule has 0 amide bonds. The van der Waals surface area contributed by atoms with Crippen molar-refractivity contribution in [1.29, 1.82) is 0 Å². The summed E-state index contributed by atoms with van der Waals surface area (Å²) in [6, 6.07) is 0. The molecule has 0 spiro atoms. The fourth-order valence-corrected chi connectivity index (χ4v) is 19.3. The molecule has 0 aliphatic heterocycles. The molecule has 0 aromatic heterocycles. The van der Waals surface area contributed by atoms with Crippen LogP contribution in [0.5, 0.6) is 0 Å². The lowest BCUT2D eigenvalue weighted by molar-refractivity contribution is -0.129.